The third kappa shape index (κ3) is 3.27. The molecule has 0 saturated heterocycles. The minimum atomic E-state index is -0.884. The van der Waals surface area contributed by atoms with E-state index in [0.29, 0.717) is 12.2 Å². The van der Waals surface area contributed by atoms with Gasteiger partial charge in [-0.05, 0) is 55.9 Å². The summed E-state index contributed by atoms with van der Waals surface area (Å²) >= 11 is 0. The first-order valence-electron chi connectivity index (χ1n) is 9.24. The first-order chi connectivity index (χ1) is 12.9. The number of hydrogen-bond acceptors (Lipinski definition) is 3. The van der Waals surface area contributed by atoms with Crippen molar-refractivity contribution in [2.45, 2.75) is 26.8 Å². The first-order valence-corrected chi connectivity index (χ1v) is 9.24. The van der Waals surface area contributed by atoms with Crippen LogP contribution in [0.25, 0.3) is 0 Å². The molecule has 2 aromatic rings. The summed E-state index contributed by atoms with van der Waals surface area (Å²) in [5.41, 5.74) is 3.78. The van der Waals surface area contributed by atoms with Crippen molar-refractivity contribution >= 4 is 17.6 Å². The maximum absolute atomic E-state index is 12.8. The van der Waals surface area contributed by atoms with Gasteiger partial charge in [-0.2, -0.15) is 5.10 Å². The van der Waals surface area contributed by atoms with Crippen molar-refractivity contribution in [2.75, 3.05) is 5.32 Å². The van der Waals surface area contributed by atoms with Gasteiger partial charge in [-0.25, -0.2) is 0 Å². The van der Waals surface area contributed by atoms with E-state index in [1.807, 2.05) is 61.0 Å². The van der Waals surface area contributed by atoms with E-state index in [1.54, 1.807) is 0 Å². The summed E-state index contributed by atoms with van der Waals surface area (Å²) in [6.07, 6.45) is 4.70. The molecule has 2 aliphatic carbocycles. The van der Waals surface area contributed by atoms with Gasteiger partial charge >= 0.3 is 5.97 Å². The number of anilines is 1. The lowest BCUT2D eigenvalue weighted by molar-refractivity contribution is -0.146. The molecule has 6 nitrogen and oxygen atoms in total. The van der Waals surface area contributed by atoms with Gasteiger partial charge in [0.15, 0.2) is 0 Å². The lowest BCUT2D eigenvalue weighted by Gasteiger charge is -2.24. The zero-order valence-corrected chi connectivity index (χ0v) is 15.4. The number of aryl methyl sites for hydroxylation is 2. The van der Waals surface area contributed by atoms with Crippen molar-refractivity contribution in [1.82, 2.24) is 9.78 Å². The molecule has 1 saturated carbocycles. The van der Waals surface area contributed by atoms with Gasteiger partial charge in [0.25, 0.3) is 0 Å². The molecule has 0 radical (unpaired) electrons. The molecule has 140 valence electrons. The van der Waals surface area contributed by atoms with Gasteiger partial charge in [0.05, 0.1) is 24.1 Å². The molecule has 0 aliphatic heterocycles. The minimum absolute atomic E-state index is 0.0222. The van der Waals surface area contributed by atoms with Crippen LogP contribution < -0.4 is 5.32 Å². The van der Waals surface area contributed by atoms with E-state index in [4.69, 9.17) is 0 Å². The predicted molar refractivity (Wildman–Crippen MR) is 101 cm³/mol. The second-order valence-electron chi connectivity index (χ2n) is 7.61. The highest BCUT2D eigenvalue weighted by molar-refractivity contribution is 5.96. The number of nitrogens with one attached hydrogen (secondary N) is 1. The van der Waals surface area contributed by atoms with Crippen LogP contribution in [-0.4, -0.2) is 26.8 Å². The van der Waals surface area contributed by atoms with Gasteiger partial charge in [-0.3, -0.25) is 14.3 Å². The Morgan fingerprint density at radius 1 is 1.19 bits per heavy atom. The summed E-state index contributed by atoms with van der Waals surface area (Å²) in [5, 5.41) is 16.9. The van der Waals surface area contributed by atoms with Gasteiger partial charge in [0.1, 0.15) is 0 Å². The number of aliphatic carboxylic acids is 1. The third-order valence-electron chi connectivity index (χ3n) is 5.68. The highest BCUT2D eigenvalue weighted by Crippen LogP contribution is 2.48. The molecule has 6 heteroatoms. The molecule has 1 amide bonds. The van der Waals surface area contributed by atoms with Crippen LogP contribution in [0.4, 0.5) is 5.69 Å². The van der Waals surface area contributed by atoms with Gasteiger partial charge in [-0.15, -0.1) is 0 Å². The van der Waals surface area contributed by atoms with Crippen molar-refractivity contribution < 1.29 is 14.7 Å². The molecule has 2 N–H and O–H groups in total. The SMILES string of the molecule is Cc1cc(C)n(Cc2cccc(NC(=O)[C@@H]3[C@H](C(=O)O)[C@H]4C=C[C@H]3C4)c2)n1. The summed E-state index contributed by atoms with van der Waals surface area (Å²) in [7, 11) is 0. The summed E-state index contributed by atoms with van der Waals surface area (Å²) < 4.78 is 1.93. The molecule has 4 atom stereocenters. The minimum Gasteiger partial charge on any atom is -0.481 e. The van der Waals surface area contributed by atoms with Gasteiger partial charge < -0.3 is 10.4 Å². The Kier molecular flexibility index (Phi) is 4.34. The van der Waals surface area contributed by atoms with Gasteiger partial charge in [0, 0.05) is 11.4 Å². The standard InChI is InChI=1S/C21H23N3O3/c1-12-8-13(2)24(23-12)11-14-4-3-5-17(9-14)22-20(25)18-15-6-7-16(10-15)19(18)21(26)27/h3-9,15-16,18-19H,10-11H2,1-2H3,(H,22,25)(H,26,27)/t15-,16-,18-,19+/m0/s1. The number of rotatable bonds is 5. The molecule has 27 heavy (non-hydrogen) atoms. The number of carboxylic acids is 1. The van der Waals surface area contributed by atoms with Crippen LogP contribution >= 0.6 is 0 Å². The average molecular weight is 365 g/mol. The maximum Gasteiger partial charge on any atom is 0.307 e. The molecule has 2 aliphatic rings. The van der Waals surface area contributed by atoms with Crippen molar-refractivity contribution in [3.63, 3.8) is 0 Å². The third-order valence-corrected chi connectivity index (χ3v) is 5.68. The molecule has 1 fully saturated rings. The number of amides is 1. The fraction of sp³-hybridized carbons (Fsp3) is 0.381. The summed E-state index contributed by atoms with van der Waals surface area (Å²) in [5.74, 6) is -2.22. The summed E-state index contributed by atoms with van der Waals surface area (Å²) in [4.78, 5) is 24.4. The quantitative estimate of drug-likeness (QED) is 0.798. The molecule has 4 rings (SSSR count). The van der Waals surface area contributed by atoms with Gasteiger partial charge in [-0.1, -0.05) is 24.3 Å². The van der Waals surface area contributed by atoms with Crippen molar-refractivity contribution in [1.29, 1.82) is 0 Å². The van der Waals surface area contributed by atoms with E-state index in [-0.39, 0.29) is 17.7 Å². The van der Waals surface area contributed by atoms with Crippen molar-refractivity contribution in [3.05, 3.63) is 59.4 Å². The fourth-order valence-electron chi connectivity index (χ4n) is 4.50. The monoisotopic (exact) mass is 365 g/mol. The van der Waals surface area contributed by atoms with Crippen LogP contribution in [0.3, 0.4) is 0 Å². The van der Waals surface area contributed by atoms with E-state index in [0.717, 1.165) is 23.4 Å². The summed E-state index contributed by atoms with van der Waals surface area (Å²) in [6, 6.07) is 9.67. The van der Waals surface area contributed by atoms with Gasteiger partial charge in [0.2, 0.25) is 5.91 Å². The molecule has 2 bridgehead atoms. The Labute approximate surface area is 157 Å². The first kappa shape index (κ1) is 17.5. The van der Waals surface area contributed by atoms with E-state index in [2.05, 4.69) is 10.4 Å². The zero-order chi connectivity index (χ0) is 19.1. The highest BCUT2D eigenvalue weighted by Gasteiger charge is 2.51. The number of carbonyl (C=O) groups is 2. The predicted octanol–water partition coefficient (Wildman–Crippen LogP) is 3.01. The number of carboxylic acid groups (broad SMARTS) is 1. The van der Waals surface area contributed by atoms with E-state index in [9.17, 15) is 14.7 Å². The van der Waals surface area contributed by atoms with Crippen molar-refractivity contribution in [3.8, 4) is 0 Å². The number of fused-ring (bicyclic) bond motifs is 2. The van der Waals surface area contributed by atoms with Crippen LogP contribution in [0.5, 0.6) is 0 Å². The van der Waals surface area contributed by atoms with E-state index < -0.39 is 17.8 Å². The number of allylic oxidation sites excluding steroid dienone is 2. The Morgan fingerprint density at radius 2 is 1.93 bits per heavy atom. The largest absolute Gasteiger partial charge is 0.481 e. The Balaban J connectivity index is 1.50. The second-order valence-corrected chi connectivity index (χ2v) is 7.61. The number of aromatic nitrogens is 2. The lowest BCUT2D eigenvalue weighted by atomic mass is 9.82. The van der Waals surface area contributed by atoms with Crippen LogP contribution in [0, 0.1) is 37.5 Å². The normalized spacial score (nSPS) is 25.7. The Morgan fingerprint density at radius 3 is 2.59 bits per heavy atom. The topological polar surface area (TPSA) is 84.2 Å². The number of hydrogen-bond donors (Lipinski definition) is 2. The van der Waals surface area contributed by atoms with E-state index in [1.165, 1.54) is 0 Å². The molecule has 0 spiro atoms. The smallest absolute Gasteiger partial charge is 0.307 e. The Bertz CT molecular complexity index is 931. The number of nitrogens with zero attached hydrogens (tertiary/aromatic N) is 2. The fourth-order valence-corrected chi connectivity index (χ4v) is 4.50. The molecule has 1 aromatic carbocycles. The molecular weight excluding hydrogens is 342 g/mol. The zero-order valence-electron chi connectivity index (χ0n) is 15.4. The number of carbonyl (C=O) groups excluding carboxylic acids is 1. The Hall–Kier alpha value is -2.89. The molecule has 1 aromatic heterocycles. The van der Waals surface area contributed by atoms with Crippen LogP contribution in [-0.2, 0) is 16.1 Å². The lowest BCUT2D eigenvalue weighted by Crippen LogP contribution is -2.36. The van der Waals surface area contributed by atoms with Crippen molar-refractivity contribution in [2.24, 2.45) is 23.7 Å². The van der Waals surface area contributed by atoms with E-state index >= 15 is 0 Å². The maximum atomic E-state index is 12.8. The molecule has 0 unspecified atom stereocenters. The molecular formula is C21H23N3O3. The van der Waals surface area contributed by atoms with Crippen LogP contribution in [0.1, 0.15) is 23.4 Å². The summed E-state index contributed by atoms with van der Waals surface area (Å²) in [6.45, 7) is 4.60. The average Bonchev–Trinajstić information content (AvgIpc) is 3.30. The molecule has 1 heterocycles. The van der Waals surface area contributed by atoms with Crippen LogP contribution in [0.2, 0.25) is 0 Å². The van der Waals surface area contributed by atoms with Crippen LogP contribution in [0.15, 0.2) is 42.5 Å². The number of benzene rings is 1. The highest BCUT2D eigenvalue weighted by atomic mass is 16.4. The second kappa shape index (κ2) is 6.68.